The summed E-state index contributed by atoms with van der Waals surface area (Å²) in [6, 6.07) is 13.2. The number of hydrogen-bond donors (Lipinski definition) is 0. The number of ether oxygens (including phenoxy) is 1. The van der Waals surface area contributed by atoms with Gasteiger partial charge in [0.15, 0.2) is 5.78 Å². The first-order valence-electron chi connectivity index (χ1n) is 5.23. The Morgan fingerprint density at radius 3 is 2.53 bits per heavy atom. The molecule has 0 atom stereocenters. The first kappa shape index (κ1) is 11.2. The molecule has 84 valence electrons. The van der Waals surface area contributed by atoms with Crippen molar-refractivity contribution in [2.45, 2.75) is 6.42 Å². The van der Waals surface area contributed by atoms with Crippen LogP contribution in [0.3, 0.4) is 0 Å². The molecular formula is C14H11NO2. The highest BCUT2D eigenvalue weighted by atomic mass is 16.5. The van der Waals surface area contributed by atoms with E-state index in [1.807, 2.05) is 36.4 Å². The van der Waals surface area contributed by atoms with Crippen molar-refractivity contribution in [3.8, 4) is 11.8 Å². The molecule has 3 heteroatoms. The second-order valence-corrected chi connectivity index (χ2v) is 3.66. The minimum absolute atomic E-state index is 0.130. The molecule has 2 aromatic rings. The molecule has 0 radical (unpaired) electrons. The van der Waals surface area contributed by atoms with Crippen LogP contribution in [0.5, 0.6) is 5.75 Å². The number of benzene rings is 2. The number of carbonyl (C=O) groups excluding carboxylic acids is 1. The topological polar surface area (TPSA) is 50.1 Å². The third-order valence-corrected chi connectivity index (χ3v) is 2.61. The van der Waals surface area contributed by atoms with E-state index in [-0.39, 0.29) is 12.2 Å². The van der Waals surface area contributed by atoms with E-state index in [0.717, 1.165) is 10.8 Å². The molecule has 2 rings (SSSR count). The van der Waals surface area contributed by atoms with Crippen LogP contribution in [0.25, 0.3) is 10.8 Å². The zero-order valence-corrected chi connectivity index (χ0v) is 9.43. The molecule has 0 saturated heterocycles. The largest absolute Gasteiger partial charge is 0.496 e. The molecule has 2 aromatic carbocycles. The highest BCUT2D eigenvalue weighted by Gasteiger charge is 2.12. The van der Waals surface area contributed by atoms with Crippen molar-refractivity contribution in [3.05, 3.63) is 42.0 Å². The van der Waals surface area contributed by atoms with Gasteiger partial charge in [-0.1, -0.05) is 24.3 Å². The van der Waals surface area contributed by atoms with E-state index in [4.69, 9.17) is 10.00 Å². The summed E-state index contributed by atoms with van der Waals surface area (Å²) in [4.78, 5) is 11.8. The van der Waals surface area contributed by atoms with E-state index in [2.05, 4.69) is 0 Å². The van der Waals surface area contributed by atoms with E-state index in [1.54, 1.807) is 6.07 Å². The monoisotopic (exact) mass is 225 g/mol. The van der Waals surface area contributed by atoms with Crippen molar-refractivity contribution in [3.63, 3.8) is 0 Å². The molecule has 0 unspecified atom stereocenters. The van der Waals surface area contributed by atoms with Gasteiger partial charge in [-0.05, 0) is 22.9 Å². The Labute approximate surface area is 99.2 Å². The Morgan fingerprint density at radius 1 is 1.29 bits per heavy atom. The zero-order valence-electron chi connectivity index (χ0n) is 9.43. The fourth-order valence-corrected chi connectivity index (χ4v) is 1.77. The molecule has 0 fully saturated rings. The van der Waals surface area contributed by atoms with Crippen LogP contribution in [0.1, 0.15) is 16.8 Å². The molecular weight excluding hydrogens is 214 g/mol. The zero-order chi connectivity index (χ0) is 12.3. The molecule has 0 aromatic heterocycles. The van der Waals surface area contributed by atoms with Gasteiger partial charge in [0.05, 0.1) is 25.2 Å². The Balaban J connectivity index is 2.61. The molecule has 0 N–H and O–H groups in total. The van der Waals surface area contributed by atoms with Crippen LogP contribution in [-0.2, 0) is 0 Å². The van der Waals surface area contributed by atoms with Gasteiger partial charge in [-0.2, -0.15) is 5.26 Å². The number of rotatable bonds is 3. The Hall–Kier alpha value is -2.34. The van der Waals surface area contributed by atoms with Crippen molar-refractivity contribution in [2.24, 2.45) is 0 Å². The van der Waals surface area contributed by atoms with Crippen LogP contribution in [0, 0.1) is 11.3 Å². The fraction of sp³-hybridized carbons (Fsp3) is 0.143. The number of hydrogen-bond acceptors (Lipinski definition) is 3. The van der Waals surface area contributed by atoms with E-state index < -0.39 is 0 Å². The summed E-state index contributed by atoms with van der Waals surface area (Å²) >= 11 is 0. The maximum atomic E-state index is 11.8. The maximum absolute atomic E-state index is 11.8. The van der Waals surface area contributed by atoms with E-state index in [0.29, 0.717) is 11.3 Å². The van der Waals surface area contributed by atoms with Gasteiger partial charge >= 0.3 is 0 Å². The fourth-order valence-electron chi connectivity index (χ4n) is 1.77. The van der Waals surface area contributed by atoms with Crippen molar-refractivity contribution in [2.75, 3.05) is 7.11 Å². The maximum Gasteiger partial charge on any atom is 0.180 e. The van der Waals surface area contributed by atoms with Crippen LogP contribution in [-0.4, -0.2) is 12.9 Å². The van der Waals surface area contributed by atoms with Gasteiger partial charge in [0.25, 0.3) is 0 Å². The molecule has 0 amide bonds. The van der Waals surface area contributed by atoms with Crippen molar-refractivity contribution < 1.29 is 9.53 Å². The third kappa shape index (κ3) is 2.11. The smallest absolute Gasteiger partial charge is 0.180 e. The van der Waals surface area contributed by atoms with Crippen LogP contribution in [0.4, 0.5) is 0 Å². The minimum Gasteiger partial charge on any atom is -0.496 e. The third-order valence-electron chi connectivity index (χ3n) is 2.61. The summed E-state index contributed by atoms with van der Waals surface area (Å²) in [5, 5.41) is 10.5. The molecule has 0 aliphatic carbocycles. The van der Waals surface area contributed by atoms with E-state index in [9.17, 15) is 4.79 Å². The lowest BCUT2D eigenvalue weighted by molar-refractivity contribution is 0.0995. The Morgan fingerprint density at radius 2 is 1.94 bits per heavy atom. The van der Waals surface area contributed by atoms with Gasteiger partial charge in [-0.25, -0.2) is 0 Å². The van der Waals surface area contributed by atoms with E-state index in [1.165, 1.54) is 7.11 Å². The Kier molecular flexibility index (Phi) is 3.06. The average Bonchev–Trinajstić information content (AvgIpc) is 2.37. The quantitative estimate of drug-likeness (QED) is 0.754. The van der Waals surface area contributed by atoms with Gasteiger partial charge < -0.3 is 4.74 Å². The molecule has 3 nitrogen and oxygen atoms in total. The lowest BCUT2D eigenvalue weighted by Gasteiger charge is -2.08. The van der Waals surface area contributed by atoms with Crippen LogP contribution < -0.4 is 4.74 Å². The first-order chi connectivity index (χ1) is 8.26. The molecule has 0 aliphatic heterocycles. The molecule has 0 saturated carbocycles. The number of carbonyl (C=O) groups is 1. The lowest BCUT2D eigenvalue weighted by Crippen LogP contribution is -2.01. The number of ketones is 1. The van der Waals surface area contributed by atoms with Crippen LogP contribution >= 0.6 is 0 Å². The van der Waals surface area contributed by atoms with E-state index >= 15 is 0 Å². The summed E-state index contributed by atoms with van der Waals surface area (Å²) in [5.74, 6) is 0.305. The van der Waals surface area contributed by atoms with Gasteiger partial charge in [0, 0.05) is 0 Å². The van der Waals surface area contributed by atoms with Gasteiger partial charge in [-0.3, -0.25) is 4.79 Å². The summed E-state index contributed by atoms with van der Waals surface area (Å²) in [6.45, 7) is 0. The van der Waals surface area contributed by atoms with Crippen molar-refractivity contribution >= 4 is 16.6 Å². The summed E-state index contributed by atoms with van der Waals surface area (Å²) in [7, 11) is 1.52. The van der Waals surface area contributed by atoms with Crippen molar-refractivity contribution in [1.82, 2.24) is 0 Å². The van der Waals surface area contributed by atoms with Crippen LogP contribution in [0.15, 0.2) is 36.4 Å². The normalized spacial score (nSPS) is 9.88. The van der Waals surface area contributed by atoms with Gasteiger partial charge in [0.1, 0.15) is 5.75 Å². The highest BCUT2D eigenvalue weighted by Crippen LogP contribution is 2.26. The predicted octanol–water partition coefficient (Wildman–Crippen LogP) is 2.94. The van der Waals surface area contributed by atoms with Gasteiger partial charge in [0.2, 0.25) is 0 Å². The molecule has 17 heavy (non-hydrogen) atoms. The molecule has 0 heterocycles. The SMILES string of the molecule is COc1cc2ccccc2cc1C(=O)CC#N. The predicted molar refractivity (Wildman–Crippen MR) is 65.1 cm³/mol. The summed E-state index contributed by atoms with van der Waals surface area (Å²) in [6.07, 6.45) is -0.130. The lowest BCUT2D eigenvalue weighted by atomic mass is 10.0. The summed E-state index contributed by atoms with van der Waals surface area (Å²) < 4.78 is 5.19. The van der Waals surface area contributed by atoms with Crippen molar-refractivity contribution in [1.29, 1.82) is 5.26 Å². The second-order valence-electron chi connectivity index (χ2n) is 3.66. The number of fused-ring (bicyclic) bond motifs is 1. The highest BCUT2D eigenvalue weighted by molar-refractivity contribution is 6.03. The summed E-state index contributed by atoms with van der Waals surface area (Å²) in [5.41, 5.74) is 0.466. The second kappa shape index (κ2) is 4.67. The number of nitrogens with zero attached hydrogens (tertiary/aromatic N) is 1. The standard InChI is InChI=1S/C14H11NO2/c1-17-14-9-11-5-3-2-4-10(11)8-12(14)13(16)6-7-15/h2-5,8-9H,6H2,1H3. The number of Topliss-reactive ketones (excluding diaryl/α,β-unsaturated/α-hetero) is 1. The minimum atomic E-state index is -0.213. The Bertz CT molecular complexity index is 611. The molecule has 0 spiro atoms. The van der Waals surface area contributed by atoms with Gasteiger partial charge in [-0.15, -0.1) is 0 Å². The first-order valence-corrected chi connectivity index (χ1v) is 5.23. The average molecular weight is 225 g/mol. The molecule has 0 aliphatic rings. The van der Waals surface area contributed by atoms with Crippen LogP contribution in [0.2, 0.25) is 0 Å². The molecule has 0 bridgehead atoms. The number of methoxy groups -OCH3 is 1. The number of nitriles is 1.